The molecule has 0 bridgehead atoms. The quantitative estimate of drug-likeness (QED) is 0.537. The Morgan fingerprint density at radius 3 is 2.77 bits per heavy atom. The van der Waals surface area contributed by atoms with Crippen molar-refractivity contribution in [1.29, 1.82) is 5.26 Å². The van der Waals surface area contributed by atoms with E-state index in [0.717, 1.165) is 29.3 Å². The number of ether oxygens (including phenoxy) is 1. The maximum Gasteiger partial charge on any atom is 0.262 e. The first-order valence-corrected chi connectivity index (χ1v) is 10.4. The van der Waals surface area contributed by atoms with Crippen molar-refractivity contribution in [1.82, 2.24) is 14.8 Å². The Hall–Kier alpha value is -3.11. The van der Waals surface area contributed by atoms with Gasteiger partial charge in [-0.2, -0.15) is 5.26 Å². The van der Waals surface area contributed by atoms with E-state index in [0.29, 0.717) is 26.2 Å². The number of nitrogens with zero attached hydrogens (tertiary/aromatic N) is 3. The van der Waals surface area contributed by atoms with E-state index in [1.165, 1.54) is 0 Å². The Kier molecular flexibility index (Phi) is 7.26. The van der Waals surface area contributed by atoms with E-state index in [-0.39, 0.29) is 24.1 Å². The van der Waals surface area contributed by atoms with Crippen LogP contribution in [-0.4, -0.2) is 53.6 Å². The van der Waals surface area contributed by atoms with E-state index in [1.54, 1.807) is 11.0 Å². The molecule has 0 saturated carbocycles. The van der Waals surface area contributed by atoms with Gasteiger partial charge in [-0.25, -0.2) is 0 Å². The highest BCUT2D eigenvalue weighted by Crippen LogP contribution is 2.24. The zero-order valence-corrected chi connectivity index (χ0v) is 17.6. The number of nitrogens with one attached hydrogen (secondary N) is 1. The average Bonchev–Trinajstić information content (AvgIpc) is 3.40. The average molecular weight is 409 g/mol. The van der Waals surface area contributed by atoms with E-state index in [2.05, 4.69) is 5.32 Å². The number of likely N-dealkylation sites (N-methyl/N-ethyl adjacent to an activating group) is 1. The van der Waals surface area contributed by atoms with E-state index in [1.807, 2.05) is 54.9 Å². The molecule has 1 unspecified atom stereocenters. The first-order valence-electron chi connectivity index (χ1n) is 10.4. The number of carbonyl (C=O) groups is 2. The minimum atomic E-state index is -0.413. The smallest absolute Gasteiger partial charge is 0.262 e. The van der Waals surface area contributed by atoms with Crippen molar-refractivity contribution in [3.8, 4) is 6.07 Å². The summed E-state index contributed by atoms with van der Waals surface area (Å²) in [7, 11) is 0. The number of nitriles is 1. The van der Waals surface area contributed by atoms with Gasteiger partial charge in [0.15, 0.2) is 0 Å². The van der Waals surface area contributed by atoms with Gasteiger partial charge in [0.05, 0.1) is 6.10 Å². The Labute approximate surface area is 176 Å². The molecule has 1 N–H and O–H groups in total. The minimum Gasteiger partial charge on any atom is -0.376 e. The van der Waals surface area contributed by atoms with Gasteiger partial charge in [-0.05, 0) is 38.8 Å². The maximum atomic E-state index is 12.6. The lowest BCUT2D eigenvalue weighted by Crippen LogP contribution is -2.33. The second kappa shape index (κ2) is 10.1. The van der Waals surface area contributed by atoms with Crippen LogP contribution in [0.25, 0.3) is 17.0 Å². The van der Waals surface area contributed by atoms with E-state index in [4.69, 9.17) is 4.74 Å². The largest absolute Gasteiger partial charge is 0.376 e. The van der Waals surface area contributed by atoms with Gasteiger partial charge in [-0.15, -0.1) is 0 Å². The number of fused-ring (bicyclic) bond motifs is 1. The van der Waals surface area contributed by atoms with Crippen molar-refractivity contribution in [2.75, 3.05) is 26.2 Å². The molecular weight excluding hydrogens is 380 g/mol. The molecule has 30 heavy (non-hydrogen) atoms. The number of benzene rings is 1. The van der Waals surface area contributed by atoms with Crippen LogP contribution in [0.4, 0.5) is 0 Å². The highest BCUT2D eigenvalue weighted by molar-refractivity contribution is 6.04. The lowest BCUT2D eigenvalue weighted by molar-refractivity contribution is -0.131. The lowest BCUT2D eigenvalue weighted by atomic mass is 10.1. The lowest BCUT2D eigenvalue weighted by Gasteiger charge is -2.19. The summed E-state index contributed by atoms with van der Waals surface area (Å²) in [6.45, 7) is 6.55. The SMILES string of the molecule is CCN(CC)C(=O)Cn1cc(C=C(C#N)C(=O)NCC2CCCO2)c2ccccc21. The monoisotopic (exact) mass is 408 g/mol. The van der Waals surface area contributed by atoms with Gasteiger partial charge >= 0.3 is 0 Å². The van der Waals surface area contributed by atoms with Crippen LogP contribution in [0.15, 0.2) is 36.0 Å². The number of amides is 2. The van der Waals surface area contributed by atoms with Gasteiger partial charge in [0.2, 0.25) is 5.91 Å². The van der Waals surface area contributed by atoms with E-state index < -0.39 is 5.91 Å². The first-order chi connectivity index (χ1) is 14.6. The van der Waals surface area contributed by atoms with Gasteiger partial charge in [0.1, 0.15) is 18.2 Å². The molecule has 158 valence electrons. The summed E-state index contributed by atoms with van der Waals surface area (Å²) < 4.78 is 7.39. The minimum absolute atomic E-state index is 0.0156. The van der Waals surface area contributed by atoms with Crippen molar-refractivity contribution in [3.63, 3.8) is 0 Å². The zero-order chi connectivity index (χ0) is 21.5. The molecule has 2 heterocycles. The highest BCUT2D eigenvalue weighted by atomic mass is 16.5. The fourth-order valence-electron chi connectivity index (χ4n) is 3.75. The number of aromatic nitrogens is 1. The molecule has 1 saturated heterocycles. The van der Waals surface area contributed by atoms with Crippen molar-refractivity contribution < 1.29 is 14.3 Å². The van der Waals surface area contributed by atoms with Crippen LogP contribution in [0, 0.1) is 11.3 Å². The fraction of sp³-hybridized carbons (Fsp3) is 0.435. The van der Waals surface area contributed by atoms with Crippen LogP contribution in [-0.2, 0) is 20.9 Å². The Balaban J connectivity index is 1.84. The second-order valence-corrected chi connectivity index (χ2v) is 7.31. The third kappa shape index (κ3) is 4.89. The molecule has 1 aliphatic rings. The molecule has 1 atom stereocenters. The van der Waals surface area contributed by atoms with Crippen LogP contribution >= 0.6 is 0 Å². The summed E-state index contributed by atoms with van der Waals surface area (Å²) in [6.07, 6.45) is 5.34. The number of carbonyl (C=O) groups excluding carboxylic acids is 2. The normalized spacial score (nSPS) is 16.4. The molecule has 1 fully saturated rings. The molecule has 2 amide bonds. The summed E-state index contributed by atoms with van der Waals surface area (Å²) in [5.74, 6) is -0.379. The van der Waals surface area contributed by atoms with E-state index >= 15 is 0 Å². The molecule has 0 radical (unpaired) electrons. The van der Waals surface area contributed by atoms with Crippen LogP contribution in [0.3, 0.4) is 0 Å². The highest BCUT2D eigenvalue weighted by Gasteiger charge is 2.19. The summed E-state index contributed by atoms with van der Waals surface area (Å²) in [4.78, 5) is 26.9. The van der Waals surface area contributed by atoms with Gasteiger partial charge in [-0.3, -0.25) is 9.59 Å². The molecule has 7 heteroatoms. The zero-order valence-electron chi connectivity index (χ0n) is 17.6. The molecular formula is C23H28N4O3. The molecule has 3 rings (SSSR count). The fourth-order valence-corrected chi connectivity index (χ4v) is 3.75. The molecule has 0 spiro atoms. The molecule has 0 aliphatic carbocycles. The number of para-hydroxylation sites is 1. The summed E-state index contributed by atoms with van der Waals surface area (Å²) in [6, 6.07) is 9.68. The van der Waals surface area contributed by atoms with Crippen LogP contribution in [0.1, 0.15) is 32.3 Å². The predicted octanol–water partition coefficient (Wildman–Crippen LogP) is 2.71. The molecule has 1 aliphatic heterocycles. The van der Waals surface area contributed by atoms with Crippen molar-refractivity contribution >= 4 is 28.8 Å². The summed E-state index contributed by atoms with van der Waals surface area (Å²) in [5.41, 5.74) is 1.66. The molecule has 2 aromatic rings. The van der Waals surface area contributed by atoms with Crippen molar-refractivity contribution in [2.24, 2.45) is 0 Å². The Morgan fingerprint density at radius 1 is 1.33 bits per heavy atom. The van der Waals surface area contributed by atoms with Crippen LogP contribution in [0.2, 0.25) is 0 Å². The first kappa shape index (κ1) is 21.6. The van der Waals surface area contributed by atoms with Crippen LogP contribution in [0.5, 0.6) is 0 Å². The predicted molar refractivity (Wildman–Crippen MR) is 115 cm³/mol. The Bertz CT molecular complexity index is 976. The number of hydrogen-bond donors (Lipinski definition) is 1. The summed E-state index contributed by atoms with van der Waals surface area (Å²) in [5, 5.41) is 13.2. The standard InChI is InChI=1S/C23H28N4O3/c1-3-26(4-2)22(28)16-27-15-18(20-9-5-6-10-21(20)27)12-17(13-24)23(29)25-14-19-8-7-11-30-19/h5-6,9-10,12,15,19H,3-4,7-8,11,14,16H2,1-2H3,(H,25,29). The molecule has 1 aromatic heterocycles. The van der Waals surface area contributed by atoms with E-state index in [9.17, 15) is 14.9 Å². The van der Waals surface area contributed by atoms with Gasteiger partial charge in [-0.1, -0.05) is 18.2 Å². The molecule has 1 aromatic carbocycles. The van der Waals surface area contributed by atoms with Crippen molar-refractivity contribution in [3.05, 3.63) is 41.6 Å². The Morgan fingerprint density at radius 2 is 2.10 bits per heavy atom. The third-order valence-corrected chi connectivity index (χ3v) is 5.42. The molecule has 7 nitrogen and oxygen atoms in total. The van der Waals surface area contributed by atoms with Crippen LogP contribution < -0.4 is 5.32 Å². The van der Waals surface area contributed by atoms with Gasteiger partial charge in [0.25, 0.3) is 5.91 Å². The second-order valence-electron chi connectivity index (χ2n) is 7.31. The number of hydrogen-bond acceptors (Lipinski definition) is 4. The summed E-state index contributed by atoms with van der Waals surface area (Å²) >= 11 is 0. The van der Waals surface area contributed by atoms with Gasteiger partial charge < -0.3 is 19.5 Å². The van der Waals surface area contributed by atoms with Crippen molar-refractivity contribution in [2.45, 2.75) is 39.3 Å². The topological polar surface area (TPSA) is 87.4 Å². The maximum absolute atomic E-state index is 12.6. The number of rotatable bonds is 8. The van der Waals surface area contributed by atoms with Gasteiger partial charge in [0, 0.05) is 48.9 Å². The third-order valence-electron chi connectivity index (χ3n) is 5.42.